The van der Waals surface area contributed by atoms with Crippen molar-refractivity contribution in [3.05, 3.63) is 109 Å². The molecule has 0 amide bonds. The Bertz CT molecular complexity index is 2450. The van der Waals surface area contributed by atoms with Gasteiger partial charge in [-0.2, -0.15) is 5.26 Å². The molecule has 1 unspecified atom stereocenters. The van der Waals surface area contributed by atoms with E-state index in [2.05, 4.69) is 32.6 Å². The lowest BCUT2D eigenvalue weighted by atomic mass is 10.1. The largest absolute Gasteiger partial charge is 0.396 e. The van der Waals surface area contributed by atoms with Gasteiger partial charge in [-0.1, -0.05) is 18.2 Å². The van der Waals surface area contributed by atoms with Gasteiger partial charge >= 0.3 is 0 Å². The smallest absolute Gasteiger partial charge is 0.118 e. The Balaban J connectivity index is 1.42. The summed E-state index contributed by atoms with van der Waals surface area (Å²) in [5.74, 6) is 0.525. The predicted octanol–water partition coefficient (Wildman–Crippen LogP) is 6.34. The summed E-state index contributed by atoms with van der Waals surface area (Å²) < 4.78 is 17.4. The van der Waals surface area contributed by atoms with Gasteiger partial charge in [0.15, 0.2) is 0 Å². The first kappa shape index (κ1) is 24.1. The number of pyridine rings is 2. The second kappa shape index (κ2) is 8.89. The Labute approximate surface area is 241 Å². The molecule has 0 radical (unpaired) electrons. The maximum absolute atomic E-state index is 13.3. The summed E-state index contributed by atoms with van der Waals surface area (Å²) in [4.78, 5) is 10.3. The number of nitrogens with two attached hydrogens (primary N) is 2. The van der Waals surface area contributed by atoms with Gasteiger partial charge in [-0.15, -0.1) is 0 Å². The standard InChI is InChI=1S/C33H21N7OS/c34-15-19-5-9-21(10-6-19)42(41)22-11-7-20(8-12-22)39-28-18-38-16-25-23-3-1-2-4-26(23)40-27-17-37-14-13-24(27)31(35)32(40)30(29(25)28)33(39)36/h1-14,16-18H,35-36H2. The molecule has 8 rings (SSSR count). The highest BCUT2D eigenvalue weighted by atomic mass is 32.2. The van der Waals surface area contributed by atoms with E-state index in [9.17, 15) is 4.21 Å². The molecule has 3 aromatic carbocycles. The first-order chi connectivity index (χ1) is 20.6. The zero-order chi connectivity index (χ0) is 28.5. The minimum absolute atomic E-state index is 0.525. The number of nitrogen functional groups attached to an aromatic ring is 2. The molecule has 0 bridgehead atoms. The third-order valence-corrected chi connectivity index (χ3v) is 9.30. The summed E-state index contributed by atoms with van der Waals surface area (Å²) in [7, 11) is -1.40. The molecule has 5 aromatic heterocycles. The molecule has 0 aliphatic carbocycles. The fourth-order valence-corrected chi connectivity index (χ4v) is 7.07. The van der Waals surface area contributed by atoms with Crippen molar-refractivity contribution in [2.45, 2.75) is 9.79 Å². The van der Waals surface area contributed by atoms with Crippen molar-refractivity contribution >= 4 is 71.3 Å². The first-order valence-electron chi connectivity index (χ1n) is 13.2. The summed E-state index contributed by atoms with van der Waals surface area (Å²) in [5.41, 5.74) is 19.4. The van der Waals surface area contributed by atoms with Crippen molar-refractivity contribution in [1.29, 1.82) is 5.26 Å². The summed E-state index contributed by atoms with van der Waals surface area (Å²) in [6.45, 7) is 0. The van der Waals surface area contributed by atoms with Crippen molar-refractivity contribution in [3.8, 4) is 11.8 Å². The van der Waals surface area contributed by atoms with Gasteiger partial charge in [0.25, 0.3) is 0 Å². The summed E-state index contributed by atoms with van der Waals surface area (Å²) in [6, 6.07) is 26.5. The Morgan fingerprint density at radius 1 is 0.714 bits per heavy atom. The molecule has 0 aliphatic heterocycles. The van der Waals surface area contributed by atoms with E-state index in [1.807, 2.05) is 65.6 Å². The number of fused-ring (bicyclic) bond motifs is 7. The lowest BCUT2D eigenvalue weighted by Crippen LogP contribution is -2.01. The number of nitrogens with zero attached hydrogens (tertiary/aromatic N) is 5. The molecule has 42 heavy (non-hydrogen) atoms. The van der Waals surface area contributed by atoms with Crippen LogP contribution in [-0.2, 0) is 10.8 Å². The number of nitriles is 1. The summed E-state index contributed by atoms with van der Waals surface area (Å²) in [6.07, 6.45) is 7.27. The van der Waals surface area contributed by atoms with E-state index in [1.165, 1.54) is 0 Å². The van der Waals surface area contributed by atoms with Crippen LogP contribution in [0.15, 0.2) is 113 Å². The molecule has 8 nitrogen and oxygen atoms in total. The molecular formula is C33H21N7OS. The van der Waals surface area contributed by atoms with Crippen molar-refractivity contribution in [2.75, 3.05) is 11.5 Å². The van der Waals surface area contributed by atoms with E-state index in [4.69, 9.17) is 16.7 Å². The van der Waals surface area contributed by atoms with Crippen LogP contribution in [0.4, 0.5) is 11.5 Å². The van der Waals surface area contributed by atoms with Gasteiger partial charge in [0.1, 0.15) is 5.82 Å². The third kappa shape index (κ3) is 3.24. The van der Waals surface area contributed by atoms with Crippen LogP contribution in [0.1, 0.15) is 5.56 Å². The SMILES string of the molecule is N#Cc1ccc(S(=O)c2ccc(-n3c(N)c4c5c(cncc53)c3ccccc3n3c5cnccc5c(N)c43)cc2)cc1. The molecule has 0 aliphatic rings. The lowest BCUT2D eigenvalue weighted by molar-refractivity contribution is 0.683. The molecule has 0 saturated carbocycles. The van der Waals surface area contributed by atoms with Gasteiger partial charge in [-0.3, -0.25) is 14.5 Å². The maximum atomic E-state index is 13.3. The van der Waals surface area contributed by atoms with Crippen molar-refractivity contribution in [2.24, 2.45) is 0 Å². The molecule has 0 spiro atoms. The first-order valence-corrected chi connectivity index (χ1v) is 14.4. The number of benzene rings is 3. The van der Waals surface area contributed by atoms with Crippen LogP contribution in [0.2, 0.25) is 0 Å². The van der Waals surface area contributed by atoms with Gasteiger partial charge in [-0.25, -0.2) is 4.21 Å². The van der Waals surface area contributed by atoms with E-state index < -0.39 is 10.8 Å². The van der Waals surface area contributed by atoms with Crippen LogP contribution in [0, 0.1) is 11.3 Å². The van der Waals surface area contributed by atoms with E-state index in [1.54, 1.807) is 30.5 Å². The Kier molecular flexibility index (Phi) is 5.10. The van der Waals surface area contributed by atoms with Crippen LogP contribution >= 0.6 is 0 Å². The Morgan fingerprint density at radius 3 is 2.19 bits per heavy atom. The van der Waals surface area contributed by atoms with Crippen molar-refractivity contribution in [1.82, 2.24) is 18.9 Å². The van der Waals surface area contributed by atoms with E-state index in [0.29, 0.717) is 26.9 Å². The molecule has 8 aromatic rings. The average molecular weight is 564 g/mol. The van der Waals surface area contributed by atoms with Gasteiger partial charge in [0.2, 0.25) is 0 Å². The van der Waals surface area contributed by atoms with Crippen LogP contribution < -0.4 is 11.5 Å². The van der Waals surface area contributed by atoms with Gasteiger partial charge in [-0.05, 0) is 60.7 Å². The Hall–Kier alpha value is -5.72. The predicted molar refractivity (Wildman–Crippen MR) is 167 cm³/mol. The zero-order valence-electron chi connectivity index (χ0n) is 22.0. The summed E-state index contributed by atoms with van der Waals surface area (Å²) in [5, 5.41) is 13.7. The van der Waals surface area contributed by atoms with E-state index in [-0.39, 0.29) is 0 Å². The highest BCUT2D eigenvalue weighted by Gasteiger charge is 2.23. The molecule has 0 saturated heterocycles. The topological polar surface area (TPSA) is 128 Å². The fourth-order valence-electron chi connectivity index (χ4n) is 6.04. The van der Waals surface area contributed by atoms with Gasteiger partial charge in [0, 0.05) is 49.4 Å². The van der Waals surface area contributed by atoms with Crippen LogP contribution in [0.5, 0.6) is 0 Å². The number of hydrogen-bond acceptors (Lipinski definition) is 6. The fraction of sp³-hybridized carbons (Fsp3) is 0. The Morgan fingerprint density at radius 2 is 1.43 bits per heavy atom. The molecule has 9 heteroatoms. The van der Waals surface area contributed by atoms with Gasteiger partial charge < -0.3 is 15.9 Å². The lowest BCUT2D eigenvalue weighted by Gasteiger charge is -2.10. The van der Waals surface area contributed by atoms with Gasteiger partial charge in [0.05, 0.1) is 68.0 Å². The minimum atomic E-state index is -1.40. The maximum Gasteiger partial charge on any atom is 0.118 e. The van der Waals surface area contributed by atoms with Crippen molar-refractivity contribution in [3.63, 3.8) is 0 Å². The number of hydrogen-bond donors (Lipinski definition) is 2. The highest BCUT2D eigenvalue weighted by molar-refractivity contribution is 7.85. The molecule has 0 fully saturated rings. The van der Waals surface area contributed by atoms with Crippen molar-refractivity contribution < 1.29 is 4.21 Å². The number of para-hydroxylation sites is 1. The third-order valence-electron chi connectivity index (χ3n) is 7.90. The second-order valence-corrected chi connectivity index (χ2v) is 11.6. The molecule has 200 valence electrons. The van der Waals surface area contributed by atoms with E-state index >= 15 is 0 Å². The molecule has 5 heterocycles. The minimum Gasteiger partial charge on any atom is -0.396 e. The summed E-state index contributed by atoms with van der Waals surface area (Å²) >= 11 is 0. The zero-order valence-corrected chi connectivity index (χ0v) is 22.8. The monoisotopic (exact) mass is 563 g/mol. The normalized spacial score (nSPS) is 12.5. The van der Waals surface area contributed by atoms with Crippen LogP contribution in [-0.4, -0.2) is 23.1 Å². The molecule has 1 atom stereocenters. The van der Waals surface area contributed by atoms with E-state index in [0.717, 1.165) is 54.7 Å². The average Bonchev–Trinajstić information content (AvgIpc) is 3.45. The molecule has 4 N–H and O–H groups in total. The molecular weight excluding hydrogens is 542 g/mol. The van der Waals surface area contributed by atoms with Crippen LogP contribution in [0.25, 0.3) is 54.7 Å². The highest BCUT2D eigenvalue weighted by Crippen LogP contribution is 2.44. The number of aromatic nitrogens is 4. The van der Waals surface area contributed by atoms with Crippen LogP contribution in [0.3, 0.4) is 0 Å². The number of rotatable bonds is 3. The quantitative estimate of drug-likeness (QED) is 0.258. The second-order valence-electron chi connectivity index (χ2n) is 10.1. The number of anilines is 2.